The van der Waals surface area contributed by atoms with E-state index < -0.39 is 0 Å². The van der Waals surface area contributed by atoms with Crippen molar-refractivity contribution in [3.05, 3.63) is 36.0 Å². The molecule has 0 unspecified atom stereocenters. The van der Waals surface area contributed by atoms with Gasteiger partial charge in [-0.25, -0.2) is 0 Å². The number of hydrogen-bond donors (Lipinski definition) is 1. The van der Waals surface area contributed by atoms with Crippen LogP contribution in [0.3, 0.4) is 0 Å². The monoisotopic (exact) mass is 285 g/mol. The summed E-state index contributed by atoms with van der Waals surface area (Å²) >= 11 is 0. The Morgan fingerprint density at radius 3 is 2.62 bits per heavy atom. The van der Waals surface area contributed by atoms with Crippen molar-refractivity contribution in [1.29, 1.82) is 0 Å². The zero-order valence-electron chi connectivity index (χ0n) is 13.0. The number of aromatic amines is 1. The average molecular weight is 285 g/mol. The summed E-state index contributed by atoms with van der Waals surface area (Å²) in [5.74, 6) is 0.103. The highest BCUT2D eigenvalue weighted by atomic mass is 16.2. The van der Waals surface area contributed by atoms with Crippen LogP contribution in [0.15, 0.2) is 30.5 Å². The third-order valence-corrected chi connectivity index (χ3v) is 4.91. The van der Waals surface area contributed by atoms with Gasteiger partial charge >= 0.3 is 0 Å². The minimum absolute atomic E-state index is 0.103. The number of aromatic nitrogens is 1. The number of likely N-dealkylation sites (N-methyl/N-ethyl adjacent to an activating group) is 2. The Kier molecular flexibility index (Phi) is 3.49. The average Bonchev–Trinajstić information content (AvgIpc) is 2.88. The van der Waals surface area contributed by atoms with E-state index in [0.717, 1.165) is 23.0 Å². The Morgan fingerprint density at radius 2 is 2.00 bits per heavy atom. The maximum absolute atomic E-state index is 12.6. The first-order valence-corrected chi connectivity index (χ1v) is 7.52. The van der Waals surface area contributed by atoms with Gasteiger partial charge < -0.3 is 14.8 Å². The molecule has 3 rings (SSSR count). The molecule has 1 aliphatic carbocycles. The second kappa shape index (κ2) is 5.19. The van der Waals surface area contributed by atoms with Crippen LogP contribution in [0.25, 0.3) is 10.9 Å². The standard InChI is InChI=1S/C17H23N3O/c1-19(2)17(8-4-9-17)12-20(3)16(21)14-5-6-15-13(11-14)7-10-18-15/h5-7,10-11,18H,4,8-9,12H2,1-3H3. The van der Waals surface area contributed by atoms with E-state index in [1.807, 2.05) is 42.4 Å². The minimum Gasteiger partial charge on any atom is -0.361 e. The van der Waals surface area contributed by atoms with Crippen molar-refractivity contribution in [1.82, 2.24) is 14.8 Å². The van der Waals surface area contributed by atoms with Gasteiger partial charge in [-0.05, 0) is 57.6 Å². The first kappa shape index (κ1) is 14.1. The van der Waals surface area contributed by atoms with Crippen LogP contribution in [-0.2, 0) is 0 Å². The first-order valence-electron chi connectivity index (χ1n) is 7.52. The number of hydrogen-bond acceptors (Lipinski definition) is 2. The number of benzene rings is 1. The number of rotatable bonds is 4. The maximum atomic E-state index is 12.6. The highest BCUT2D eigenvalue weighted by molar-refractivity contribution is 5.98. The molecule has 0 bridgehead atoms. The molecule has 1 saturated carbocycles. The molecule has 1 N–H and O–H groups in total. The van der Waals surface area contributed by atoms with Crippen molar-refractivity contribution in [3.8, 4) is 0 Å². The van der Waals surface area contributed by atoms with Crippen LogP contribution in [-0.4, -0.2) is 53.9 Å². The molecule has 4 nitrogen and oxygen atoms in total. The number of carbonyl (C=O) groups excluding carboxylic acids is 1. The van der Waals surface area contributed by atoms with E-state index in [0.29, 0.717) is 0 Å². The summed E-state index contributed by atoms with van der Waals surface area (Å²) in [6.07, 6.45) is 5.51. The zero-order chi connectivity index (χ0) is 15.0. The van der Waals surface area contributed by atoms with E-state index in [9.17, 15) is 4.79 Å². The Hall–Kier alpha value is -1.81. The molecule has 0 radical (unpaired) electrons. The second-order valence-electron chi connectivity index (χ2n) is 6.41. The summed E-state index contributed by atoms with van der Waals surface area (Å²) in [6.45, 7) is 0.796. The summed E-state index contributed by atoms with van der Waals surface area (Å²) in [7, 11) is 6.14. The van der Waals surface area contributed by atoms with Crippen LogP contribution in [0.1, 0.15) is 29.6 Å². The van der Waals surface area contributed by atoms with E-state index in [4.69, 9.17) is 0 Å². The van der Waals surface area contributed by atoms with Gasteiger partial charge in [-0.1, -0.05) is 0 Å². The van der Waals surface area contributed by atoms with Crippen LogP contribution in [0.5, 0.6) is 0 Å². The number of H-pyrrole nitrogens is 1. The van der Waals surface area contributed by atoms with Crippen molar-refractivity contribution in [3.63, 3.8) is 0 Å². The molecule has 0 spiro atoms. The van der Waals surface area contributed by atoms with Gasteiger partial charge in [0.1, 0.15) is 0 Å². The molecule has 1 heterocycles. The van der Waals surface area contributed by atoms with Crippen LogP contribution in [0.2, 0.25) is 0 Å². The molecule has 0 aliphatic heterocycles. The van der Waals surface area contributed by atoms with E-state index in [-0.39, 0.29) is 11.4 Å². The molecule has 1 aliphatic rings. The number of fused-ring (bicyclic) bond motifs is 1. The highest BCUT2D eigenvalue weighted by Crippen LogP contribution is 2.36. The lowest BCUT2D eigenvalue weighted by molar-refractivity contribution is 0.0252. The van der Waals surface area contributed by atoms with Gasteiger partial charge in [0.2, 0.25) is 0 Å². The number of nitrogens with one attached hydrogen (secondary N) is 1. The molecule has 2 aromatic rings. The first-order chi connectivity index (χ1) is 10.0. The molecule has 112 valence electrons. The SMILES string of the molecule is CN(CC1(N(C)C)CCC1)C(=O)c1ccc2[nH]ccc2c1. The molecule has 1 amide bonds. The molecule has 0 saturated heterocycles. The summed E-state index contributed by atoms with van der Waals surface area (Å²) in [5.41, 5.74) is 2.00. The quantitative estimate of drug-likeness (QED) is 0.938. The Labute approximate surface area is 125 Å². The molecular formula is C17H23N3O. The molecule has 1 fully saturated rings. The molecule has 0 atom stereocenters. The van der Waals surface area contributed by atoms with Crippen molar-refractivity contribution in [2.24, 2.45) is 0 Å². The predicted molar refractivity (Wildman–Crippen MR) is 85.5 cm³/mol. The number of nitrogens with zero attached hydrogens (tertiary/aromatic N) is 2. The fourth-order valence-electron chi connectivity index (χ4n) is 3.25. The van der Waals surface area contributed by atoms with E-state index in [1.165, 1.54) is 19.3 Å². The third-order valence-electron chi connectivity index (χ3n) is 4.91. The van der Waals surface area contributed by atoms with Crippen molar-refractivity contribution in [2.75, 3.05) is 27.7 Å². The van der Waals surface area contributed by atoms with Crippen LogP contribution < -0.4 is 0 Å². The van der Waals surface area contributed by atoms with E-state index in [1.54, 1.807) is 0 Å². The summed E-state index contributed by atoms with van der Waals surface area (Å²) < 4.78 is 0. The maximum Gasteiger partial charge on any atom is 0.253 e. The van der Waals surface area contributed by atoms with E-state index in [2.05, 4.69) is 24.0 Å². The van der Waals surface area contributed by atoms with Gasteiger partial charge in [0.25, 0.3) is 5.91 Å². The Morgan fingerprint density at radius 1 is 1.24 bits per heavy atom. The van der Waals surface area contributed by atoms with Crippen LogP contribution in [0, 0.1) is 0 Å². The third kappa shape index (κ3) is 2.44. The predicted octanol–water partition coefficient (Wildman–Crippen LogP) is 2.72. The molecule has 1 aromatic carbocycles. The summed E-state index contributed by atoms with van der Waals surface area (Å²) in [5, 5.41) is 1.08. The fourth-order valence-corrected chi connectivity index (χ4v) is 3.25. The number of amides is 1. The smallest absolute Gasteiger partial charge is 0.253 e. The lowest BCUT2D eigenvalue weighted by Gasteiger charge is -2.49. The minimum atomic E-state index is 0.103. The zero-order valence-corrected chi connectivity index (χ0v) is 13.0. The lowest BCUT2D eigenvalue weighted by atomic mass is 9.75. The van der Waals surface area contributed by atoms with Gasteiger partial charge in [-0.3, -0.25) is 4.79 Å². The summed E-state index contributed by atoms with van der Waals surface area (Å²) in [6, 6.07) is 7.84. The Balaban J connectivity index is 1.77. The summed E-state index contributed by atoms with van der Waals surface area (Å²) in [4.78, 5) is 19.9. The van der Waals surface area contributed by atoms with Gasteiger partial charge in [0.05, 0.1) is 0 Å². The number of carbonyl (C=O) groups is 1. The Bertz CT molecular complexity index is 655. The molecule has 1 aromatic heterocycles. The highest BCUT2D eigenvalue weighted by Gasteiger charge is 2.40. The van der Waals surface area contributed by atoms with Crippen LogP contribution >= 0.6 is 0 Å². The van der Waals surface area contributed by atoms with Gasteiger partial charge in [-0.15, -0.1) is 0 Å². The lowest BCUT2D eigenvalue weighted by Crippen LogP contribution is -2.57. The molecule has 21 heavy (non-hydrogen) atoms. The molecular weight excluding hydrogens is 262 g/mol. The normalized spacial score (nSPS) is 17.0. The van der Waals surface area contributed by atoms with Gasteiger partial charge in [0, 0.05) is 41.8 Å². The van der Waals surface area contributed by atoms with Crippen molar-refractivity contribution in [2.45, 2.75) is 24.8 Å². The second-order valence-corrected chi connectivity index (χ2v) is 6.41. The van der Waals surface area contributed by atoms with E-state index >= 15 is 0 Å². The van der Waals surface area contributed by atoms with Gasteiger partial charge in [-0.2, -0.15) is 0 Å². The van der Waals surface area contributed by atoms with Gasteiger partial charge in [0.15, 0.2) is 0 Å². The van der Waals surface area contributed by atoms with Crippen LogP contribution in [0.4, 0.5) is 0 Å². The molecule has 4 heteroatoms. The topological polar surface area (TPSA) is 39.3 Å². The fraction of sp³-hybridized carbons (Fsp3) is 0.471. The largest absolute Gasteiger partial charge is 0.361 e. The van der Waals surface area contributed by atoms with Crippen molar-refractivity contribution >= 4 is 16.8 Å². The van der Waals surface area contributed by atoms with Crippen molar-refractivity contribution < 1.29 is 4.79 Å².